The molecule has 0 radical (unpaired) electrons. The number of fused-ring (bicyclic) bond motifs is 1. The van der Waals surface area contributed by atoms with E-state index in [2.05, 4.69) is 13.0 Å². The number of hydrogen-bond donors (Lipinski definition) is 1. The van der Waals surface area contributed by atoms with Gasteiger partial charge in [0.1, 0.15) is 11.7 Å². The molecule has 0 bridgehead atoms. The van der Waals surface area contributed by atoms with Crippen molar-refractivity contribution in [2.24, 2.45) is 5.41 Å². The van der Waals surface area contributed by atoms with E-state index in [0.717, 1.165) is 25.7 Å². The molecule has 0 aromatic rings. The predicted octanol–water partition coefficient (Wildman–Crippen LogP) is 3.36. The van der Waals surface area contributed by atoms with Crippen molar-refractivity contribution < 1.29 is 14.6 Å². The van der Waals surface area contributed by atoms with Crippen molar-refractivity contribution in [2.45, 2.75) is 77.4 Å². The van der Waals surface area contributed by atoms with Crippen LogP contribution in [-0.2, 0) is 9.53 Å². The SMILES string of the molecule is CCC(OC(C)=O)C1(O)CCC=C2CCCCC21C. The third-order valence-corrected chi connectivity index (χ3v) is 5.16. The van der Waals surface area contributed by atoms with E-state index >= 15 is 0 Å². The Hall–Kier alpha value is -0.830. The van der Waals surface area contributed by atoms with Crippen molar-refractivity contribution in [1.82, 2.24) is 0 Å². The van der Waals surface area contributed by atoms with E-state index in [9.17, 15) is 9.90 Å². The van der Waals surface area contributed by atoms with Gasteiger partial charge in [0.25, 0.3) is 0 Å². The van der Waals surface area contributed by atoms with Gasteiger partial charge in [-0.05, 0) is 38.5 Å². The molecule has 19 heavy (non-hydrogen) atoms. The molecule has 2 aliphatic carbocycles. The number of ether oxygens (including phenoxy) is 1. The Labute approximate surface area is 116 Å². The maximum atomic E-state index is 11.3. The second kappa shape index (κ2) is 5.28. The molecule has 0 saturated heterocycles. The predicted molar refractivity (Wildman–Crippen MR) is 74.7 cm³/mol. The van der Waals surface area contributed by atoms with Crippen LogP contribution in [-0.4, -0.2) is 22.8 Å². The zero-order valence-electron chi connectivity index (χ0n) is 12.4. The molecule has 2 rings (SSSR count). The maximum Gasteiger partial charge on any atom is 0.303 e. The molecule has 0 heterocycles. The van der Waals surface area contributed by atoms with E-state index < -0.39 is 11.7 Å². The number of aliphatic hydroxyl groups is 1. The van der Waals surface area contributed by atoms with Gasteiger partial charge in [-0.3, -0.25) is 4.79 Å². The summed E-state index contributed by atoms with van der Waals surface area (Å²) in [5, 5.41) is 11.3. The van der Waals surface area contributed by atoms with Gasteiger partial charge in [0.05, 0.1) is 0 Å². The van der Waals surface area contributed by atoms with Gasteiger partial charge < -0.3 is 9.84 Å². The van der Waals surface area contributed by atoms with Crippen LogP contribution in [0.4, 0.5) is 0 Å². The molecule has 3 nitrogen and oxygen atoms in total. The van der Waals surface area contributed by atoms with Gasteiger partial charge in [-0.2, -0.15) is 0 Å². The molecular formula is C16H26O3. The average Bonchev–Trinajstić information content (AvgIpc) is 2.37. The molecule has 3 atom stereocenters. The first-order valence-corrected chi connectivity index (χ1v) is 7.53. The molecule has 0 aromatic heterocycles. The molecule has 1 N–H and O–H groups in total. The number of hydrogen-bond acceptors (Lipinski definition) is 3. The lowest BCUT2D eigenvalue weighted by molar-refractivity contribution is -0.188. The number of carbonyl (C=O) groups excluding carboxylic acids is 1. The largest absolute Gasteiger partial charge is 0.459 e. The van der Waals surface area contributed by atoms with E-state index in [1.165, 1.54) is 18.9 Å². The summed E-state index contributed by atoms with van der Waals surface area (Å²) in [6.45, 7) is 5.56. The van der Waals surface area contributed by atoms with Crippen LogP contribution in [0.5, 0.6) is 0 Å². The maximum absolute atomic E-state index is 11.3. The Morgan fingerprint density at radius 3 is 2.84 bits per heavy atom. The molecule has 0 amide bonds. The van der Waals surface area contributed by atoms with E-state index in [1.54, 1.807) is 0 Å². The van der Waals surface area contributed by atoms with E-state index in [4.69, 9.17) is 4.74 Å². The summed E-state index contributed by atoms with van der Waals surface area (Å²) in [7, 11) is 0. The van der Waals surface area contributed by atoms with Gasteiger partial charge >= 0.3 is 5.97 Å². The minimum atomic E-state index is -0.905. The Morgan fingerprint density at radius 1 is 1.47 bits per heavy atom. The summed E-state index contributed by atoms with van der Waals surface area (Å²) in [4.78, 5) is 11.3. The van der Waals surface area contributed by atoms with Gasteiger partial charge in [0, 0.05) is 12.3 Å². The van der Waals surface area contributed by atoms with Crippen LogP contribution in [0.2, 0.25) is 0 Å². The lowest BCUT2D eigenvalue weighted by atomic mass is 9.56. The second-order valence-corrected chi connectivity index (χ2v) is 6.24. The van der Waals surface area contributed by atoms with Crippen LogP contribution >= 0.6 is 0 Å². The summed E-state index contributed by atoms with van der Waals surface area (Å²) in [6, 6.07) is 0. The summed E-state index contributed by atoms with van der Waals surface area (Å²) >= 11 is 0. The first kappa shape index (κ1) is 14.6. The zero-order valence-corrected chi connectivity index (χ0v) is 12.4. The fraction of sp³-hybridized carbons (Fsp3) is 0.812. The normalized spacial score (nSPS) is 36.1. The Morgan fingerprint density at radius 2 is 2.21 bits per heavy atom. The minimum Gasteiger partial charge on any atom is -0.459 e. The highest BCUT2D eigenvalue weighted by molar-refractivity contribution is 5.66. The highest BCUT2D eigenvalue weighted by Crippen LogP contribution is 2.54. The van der Waals surface area contributed by atoms with E-state index in [1.807, 2.05) is 6.92 Å². The highest BCUT2D eigenvalue weighted by atomic mass is 16.6. The average molecular weight is 266 g/mol. The number of allylic oxidation sites excluding steroid dienone is 1. The molecular weight excluding hydrogens is 240 g/mol. The standard InChI is InChI=1S/C16H26O3/c1-4-14(19-12(2)17)16(18)11-7-9-13-8-5-6-10-15(13,16)3/h9,14,18H,4-8,10-11H2,1-3H3. The van der Waals surface area contributed by atoms with Crippen molar-refractivity contribution in [1.29, 1.82) is 0 Å². The van der Waals surface area contributed by atoms with Crippen molar-refractivity contribution >= 4 is 5.97 Å². The topological polar surface area (TPSA) is 46.5 Å². The Kier molecular flexibility index (Phi) is 4.05. The molecule has 2 aliphatic rings. The fourth-order valence-electron chi connectivity index (χ4n) is 4.03. The van der Waals surface area contributed by atoms with Gasteiger partial charge in [0.2, 0.25) is 0 Å². The van der Waals surface area contributed by atoms with Crippen molar-refractivity contribution in [3.63, 3.8) is 0 Å². The first-order chi connectivity index (χ1) is 8.94. The third-order valence-electron chi connectivity index (χ3n) is 5.16. The molecule has 0 aromatic carbocycles. The van der Waals surface area contributed by atoms with E-state index in [0.29, 0.717) is 12.8 Å². The van der Waals surface area contributed by atoms with Crippen LogP contribution in [0.1, 0.15) is 65.7 Å². The van der Waals surface area contributed by atoms with Crippen molar-refractivity contribution in [3.8, 4) is 0 Å². The zero-order chi connectivity index (χ0) is 14.1. The number of rotatable bonds is 3. The third kappa shape index (κ3) is 2.33. The smallest absolute Gasteiger partial charge is 0.303 e. The molecule has 0 aliphatic heterocycles. The second-order valence-electron chi connectivity index (χ2n) is 6.24. The Balaban J connectivity index is 2.34. The summed E-state index contributed by atoms with van der Waals surface area (Å²) in [6.07, 6.45) is 8.58. The van der Waals surface area contributed by atoms with Crippen LogP contribution in [0.3, 0.4) is 0 Å². The van der Waals surface area contributed by atoms with Gasteiger partial charge in [-0.25, -0.2) is 0 Å². The molecule has 3 unspecified atom stereocenters. The molecule has 3 heteroatoms. The Bertz CT molecular complexity index is 387. The van der Waals surface area contributed by atoms with Crippen molar-refractivity contribution in [2.75, 3.05) is 0 Å². The molecule has 1 saturated carbocycles. The fourth-order valence-corrected chi connectivity index (χ4v) is 4.03. The molecule has 0 spiro atoms. The van der Waals surface area contributed by atoms with Gasteiger partial charge in [0.15, 0.2) is 0 Å². The lowest BCUT2D eigenvalue weighted by Crippen LogP contribution is -2.58. The van der Waals surface area contributed by atoms with Crippen LogP contribution < -0.4 is 0 Å². The minimum absolute atomic E-state index is 0.223. The van der Waals surface area contributed by atoms with Crippen molar-refractivity contribution in [3.05, 3.63) is 11.6 Å². The summed E-state index contributed by atoms with van der Waals surface area (Å²) in [5.74, 6) is -0.296. The van der Waals surface area contributed by atoms with Crippen LogP contribution in [0, 0.1) is 5.41 Å². The molecule has 108 valence electrons. The van der Waals surface area contributed by atoms with Gasteiger partial charge in [-0.15, -0.1) is 0 Å². The van der Waals surface area contributed by atoms with Gasteiger partial charge in [-0.1, -0.05) is 31.9 Å². The first-order valence-electron chi connectivity index (χ1n) is 7.53. The highest BCUT2D eigenvalue weighted by Gasteiger charge is 2.55. The van der Waals surface area contributed by atoms with Crippen LogP contribution in [0.15, 0.2) is 11.6 Å². The number of esters is 1. The summed E-state index contributed by atoms with van der Waals surface area (Å²) in [5.41, 5.74) is 0.246. The lowest BCUT2D eigenvalue weighted by Gasteiger charge is -2.54. The van der Waals surface area contributed by atoms with E-state index in [-0.39, 0.29) is 11.4 Å². The number of carbonyl (C=O) groups is 1. The monoisotopic (exact) mass is 266 g/mol. The van der Waals surface area contributed by atoms with Crippen LogP contribution in [0.25, 0.3) is 0 Å². The molecule has 1 fully saturated rings. The summed E-state index contributed by atoms with van der Waals surface area (Å²) < 4.78 is 5.44. The quantitative estimate of drug-likeness (QED) is 0.629.